The number of ether oxygens (including phenoxy) is 1. The third-order valence-corrected chi connectivity index (χ3v) is 4.94. The summed E-state index contributed by atoms with van der Waals surface area (Å²) < 4.78 is 7.69. The first-order valence-corrected chi connectivity index (χ1v) is 9.55. The minimum absolute atomic E-state index is 0.00435. The lowest BCUT2D eigenvalue weighted by atomic mass is 10.1. The highest BCUT2D eigenvalue weighted by Gasteiger charge is 2.27. The Hall–Kier alpha value is -3.26. The number of amides is 1. The van der Waals surface area contributed by atoms with Crippen LogP contribution in [0.15, 0.2) is 48.9 Å². The van der Waals surface area contributed by atoms with Gasteiger partial charge in [0.1, 0.15) is 6.10 Å². The van der Waals surface area contributed by atoms with Gasteiger partial charge in [-0.2, -0.15) is 5.10 Å². The van der Waals surface area contributed by atoms with Crippen molar-refractivity contribution in [1.82, 2.24) is 24.6 Å². The molecule has 1 fully saturated rings. The van der Waals surface area contributed by atoms with Crippen molar-refractivity contribution in [3.8, 4) is 5.69 Å². The van der Waals surface area contributed by atoms with Crippen LogP contribution in [0.2, 0.25) is 0 Å². The van der Waals surface area contributed by atoms with Gasteiger partial charge < -0.3 is 14.5 Å². The summed E-state index contributed by atoms with van der Waals surface area (Å²) in [7, 11) is 3.79. The third-order valence-electron chi connectivity index (χ3n) is 4.94. The maximum atomic E-state index is 13.1. The number of carbonyl (C=O) groups excluding carboxylic acids is 1. The number of aryl methyl sites for hydroxylation is 1. The fourth-order valence-electron chi connectivity index (χ4n) is 3.41. The summed E-state index contributed by atoms with van der Waals surface area (Å²) in [4.78, 5) is 25.6. The second-order valence-corrected chi connectivity index (χ2v) is 7.24. The standard InChI is InChI=1S/C21H24N6O2/c1-15-13-16(5-6-18(15)27-10-4-8-23-27)20(28)26-11-12-29-19(14-26)17-7-9-22-21(24-17)25(2)3/h4-10,13,19H,11-12,14H2,1-3H3. The Balaban J connectivity index is 1.52. The molecule has 1 aromatic carbocycles. The maximum Gasteiger partial charge on any atom is 0.254 e. The Morgan fingerprint density at radius 3 is 2.83 bits per heavy atom. The second kappa shape index (κ2) is 8.00. The molecule has 1 unspecified atom stereocenters. The van der Waals surface area contributed by atoms with Crippen LogP contribution >= 0.6 is 0 Å². The van der Waals surface area contributed by atoms with Crippen molar-refractivity contribution in [3.05, 3.63) is 65.7 Å². The van der Waals surface area contributed by atoms with Crippen molar-refractivity contribution in [2.24, 2.45) is 0 Å². The van der Waals surface area contributed by atoms with Gasteiger partial charge in [-0.1, -0.05) is 0 Å². The predicted molar refractivity (Wildman–Crippen MR) is 109 cm³/mol. The molecular formula is C21H24N6O2. The molecule has 1 atom stereocenters. The molecule has 0 saturated carbocycles. The molecule has 3 aromatic rings. The monoisotopic (exact) mass is 392 g/mol. The van der Waals surface area contributed by atoms with Gasteiger partial charge in [-0.25, -0.2) is 14.6 Å². The van der Waals surface area contributed by atoms with Crippen molar-refractivity contribution in [2.45, 2.75) is 13.0 Å². The van der Waals surface area contributed by atoms with Gasteiger partial charge in [0.15, 0.2) is 0 Å². The molecule has 4 rings (SSSR count). The number of rotatable bonds is 4. The van der Waals surface area contributed by atoms with Crippen LogP contribution in [-0.4, -0.2) is 64.3 Å². The van der Waals surface area contributed by atoms with Gasteiger partial charge in [0.2, 0.25) is 5.95 Å². The van der Waals surface area contributed by atoms with Gasteiger partial charge in [-0.15, -0.1) is 0 Å². The van der Waals surface area contributed by atoms with Crippen molar-refractivity contribution in [3.63, 3.8) is 0 Å². The fraction of sp³-hybridized carbons (Fsp3) is 0.333. The highest BCUT2D eigenvalue weighted by molar-refractivity contribution is 5.94. The van der Waals surface area contributed by atoms with E-state index in [0.29, 0.717) is 31.2 Å². The van der Waals surface area contributed by atoms with Crippen LogP contribution in [0.25, 0.3) is 5.69 Å². The van der Waals surface area contributed by atoms with E-state index in [1.807, 2.05) is 67.3 Å². The van der Waals surface area contributed by atoms with Crippen molar-refractivity contribution < 1.29 is 9.53 Å². The molecule has 1 saturated heterocycles. The van der Waals surface area contributed by atoms with E-state index in [4.69, 9.17) is 4.74 Å². The van der Waals surface area contributed by atoms with Crippen LogP contribution in [0, 0.1) is 6.92 Å². The molecule has 1 amide bonds. The normalized spacial score (nSPS) is 16.7. The first-order chi connectivity index (χ1) is 14.0. The van der Waals surface area contributed by atoms with Crippen molar-refractivity contribution >= 4 is 11.9 Å². The molecule has 0 spiro atoms. The van der Waals surface area contributed by atoms with Crippen molar-refractivity contribution in [2.75, 3.05) is 38.7 Å². The third kappa shape index (κ3) is 3.97. The van der Waals surface area contributed by atoms with Gasteiger partial charge in [0, 0.05) is 44.8 Å². The van der Waals surface area contributed by atoms with Gasteiger partial charge in [0.25, 0.3) is 5.91 Å². The lowest BCUT2D eigenvalue weighted by Crippen LogP contribution is -2.42. The van der Waals surface area contributed by atoms with E-state index in [0.717, 1.165) is 16.9 Å². The van der Waals surface area contributed by atoms with E-state index in [1.54, 1.807) is 17.1 Å². The van der Waals surface area contributed by atoms with Gasteiger partial charge >= 0.3 is 0 Å². The number of carbonyl (C=O) groups is 1. The number of hydrogen-bond donors (Lipinski definition) is 0. The highest BCUT2D eigenvalue weighted by atomic mass is 16.5. The molecule has 1 aliphatic heterocycles. The quantitative estimate of drug-likeness (QED) is 0.678. The summed E-state index contributed by atoms with van der Waals surface area (Å²) in [6.07, 6.45) is 5.08. The highest BCUT2D eigenvalue weighted by Crippen LogP contribution is 2.24. The summed E-state index contributed by atoms with van der Waals surface area (Å²) >= 11 is 0. The summed E-state index contributed by atoms with van der Waals surface area (Å²) in [5.41, 5.74) is 3.40. The molecular weight excluding hydrogens is 368 g/mol. The zero-order valence-electron chi connectivity index (χ0n) is 16.8. The summed E-state index contributed by atoms with van der Waals surface area (Å²) in [6.45, 7) is 3.48. The molecule has 8 nitrogen and oxygen atoms in total. The lowest BCUT2D eigenvalue weighted by Gasteiger charge is -2.33. The Labute approximate surface area is 169 Å². The zero-order chi connectivity index (χ0) is 20.4. The molecule has 2 aromatic heterocycles. The molecule has 0 bridgehead atoms. The number of hydrogen-bond acceptors (Lipinski definition) is 6. The van der Waals surface area contributed by atoms with Gasteiger partial charge in [-0.05, 0) is 42.8 Å². The number of anilines is 1. The second-order valence-electron chi connectivity index (χ2n) is 7.24. The zero-order valence-corrected chi connectivity index (χ0v) is 16.8. The Morgan fingerprint density at radius 1 is 1.24 bits per heavy atom. The Morgan fingerprint density at radius 2 is 2.10 bits per heavy atom. The van der Waals surface area contributed by atoms with Crippen LogP contribution in [0.5, 0.6) is 0 Å². The number of morpholine rings is 1. The number of aromatic nitrogens is 4. The van der Waals surface area contributed by atoms with E-state index in [-0.39, 0.29) is 12.0 Å². The average Bonchev–Trinajstić information content (AvgIpc) is 3.28. The summed E-state index contributed by atoms with van der Waals surface area (Å²) in [6, 6.07) is 9.42. The van der Waals surface area contributed by atoms with Crippen LogP contribution in [0.1, 0.15) is 27.7 Å². The number of benzene rings is 1. The minimum Gasteiger partial charge on any atom is -0.368 e. The molecule has 0 radical (unpaired) electrons. The summed E-state index contributed by atoms with van der Waals surface area (Å²) in [5.74, 6) is 0.620. The molecule has 0 aliphatic carbocycles. The maximum absolute atomic E-state index is 13.1. The smallest absolute Gasteiger partial charge is 0.254 e. The Bertz CT molecular complexity index is 1000. The molecule has 150 valence electrons. The van der Waals surface area contributed by atoms with E-state index in [1.165, 1.54) is 0 Å². The van der Waals surface area contributed by atoms with Gasteiger partial charge in [0.05, 0.1) is 24.5 Å². The minimum atomic E-state index is -0.265. The molecule has 8 heteroatoms. The Kier molecular flexibility index (Phi) is 5.26. The summed E-state index contributed by atoms with van der Waals surface area (Å²) in [5, 5.41) is 4.26. The molecule has 0 N–H and O–H groups in total. The van der Waals surface area contributed by atoms with Gasteiger partial charge in [-0.3, -0.25) is 4.79 Å². The first kappa shape index (κ1) is 19.1. The van der Waals surface area contributed by atoms with Crippen LogP contribution in [0.3, 0.4) is 0 Å². The fourth-order valence-corrected chi connectivity index (χ4v) is 3.41. The van der Waals surface area contributed by atoms with Crippen LogP contribution < -0.4 is 4.90 Å². The van der Waals surface area contributed by atoms with E-state index >= 15 is 0 Å². The van der Waals surface area contributed by atoms with Crippen molar-refractivity contribution in [1.29, 1.82) is 0 Å². The molecule has 3 heterocycles. The first-order valence-electron chi connectivity index (χ1n) is 9.55. The molecule has 1 aliphatic rings. The van der Waals surface area contributed by atoms with Crippen LogP contribution in [-0.2, 0) is 4.74 Å². The average molecular weight is 392 g/mol. The largest absolute Gasteiger partial charge is 0.368 e. The van der Waals surface area contributed by atoms with E-state index < -0.39 is 0 Å². The predicted octanol–water partition coefficient (Wildman–Crippen LogP) is 2.25. The van der Waals surface area contributed by atoms with E-state index in [2.05, 4.69) is 15.1 Å². The lowest BCUT2D eigenvalue weighted by molar-refractivity contribution is -0.0247. The SMILES string of the molecule is Cc1cc(C(=O)N2CCOC(c3ccnc(N(C)C)n3)C2)ccc1-n1cccn1. The number of nitrogens with zero attached hydrogens (tertiary/aromatic N) is 6. The molecule has 29 heavy (non-hydrogen) atoms. The van der Waals surface area contributed by atoms with Crippen LogP contribution in [0.4, 0.5) is 5.95 Å². The van der Waals surface area contributed by atoms with E-state index in [9.17, 15) is 4.79 Å². The topological polar surface area (TPSA) is 76.4 Å².